The number of carbonyl (C=O) groups excluding carboxylic acids is 1. The third kappa shape index (κ3) is 5.14. The molecule has 0 aliphatic rings. The smallest absolute Gasteiger partial charge is 0.267 e. The second-order valence-corrected chi connectivity index (χ2v) is 9.11. The number of amides is 1. The van der Waals surface area contributed by atoms with E-state index in [4.69, 9.17) is 16.5 Å². The van der Waals surface area contributed by atoms with Crippen molar-refractivity contribution < 1.29 is 4.79 Å². The quantitative estimate of drug-likeness (QED) is 0.324. The number of para-hydroxylation sites is 1. The van der Waals surface area contributed by atoms with E-state index in [9.17, 15) is 9.59 Å². The van der Waals surface area contributed by atoms with E-state index >= 15 is 0 Å². The number of aromatic nitrogens is 7. The van der Waals surface area contributed by atoms with Gasteiger partial charge in [0.05, 0.1) is 39.6 Å². The van der Waals surface area contributed by atoms with Gasteiger partial charge in [-0.1, -0.05) is 43.0 Å². The van der Waals surface area contributed by atoms with Crippen LogP contribution in [0.25, 0.3) is 22.1 Å². The minimum Gasteiger partial charge on any atom is -0.382 e. The molecule has 41 heavy (non-hydrogen) atoms. The predicted molar refractivity (Wildman–Crippen MR) is 157 cm³/mol. The van der Waals surface area contributed by atoms with Gasteiger partial charge in [0.2, 0.25) is 0 Å². The lowest BCUT2D eigenvalue weighted by Crippen LogP contribution is -2.24. The molecule has 0 saturated heterocycles. The number of benzene rings is 2. The maximum absolute atomic E-state index is 13.5. The Morgan fingerprint density at radius 3 is 2.46 bits per heavy atom. The zero-order valence-electron chi connectivity index (χ0n) is 22.7. The lowest BCUT2D eigenvalue weighted by Gasteiger charge is -2.13. The number of nitrogens with zero attached hydrogens (tertiary/aromatic N) is 7. The van der Waals surface area contributed by atoms with Crippen LogP contribution in [0.3, 0.4) is 0 Å². The lowest BCUT2D eigenvalue weighted by molar-refractivity contribution is 0.100. The van der Waals surface area contributed by atoms with Crippen molar-refractivity contribution in [2.45, 2.75) is 20.3 Å². The first kappa shape index (κ1) is 26.8. The number of carbonyl (C=O) groups is 1. The predicted octanol–water partition coefficient (Wildman–Crippen LogP) is 2.80. The minimum atomic E-state index is -0.585. The Labute approximate surface area is 235 Å². The number of hydrogen-bond acceptors (Lipinski definition) is 7. The Morgan fingerprint density at radius 2 is 1.78 bits per heavy atom. The lowest BCUT2D eigenvalue weighted by atomic mass is 10.1. The fraction of sp³-hybridized carbons (Fsp3) is 0.133. The van der Waals surface area contributed by atoms with Crippen molar-refractivity contribution in [2.24, 2.45) is 12.8 Å². The van der Waals surface area contributed by atoms with E-state index in [1.807, 2.05) is 69.4 Å². The first-order valence-corrected chi connectivity index (χ1v) is 12.8. The normalized spacial score (nSPS) is 10.6. The summed E-state index contributed by atoms with van der Waals surface area (Å²) in [5.74, 6) is 6.58. The van der Waals surface area contributed by atoms with Gasteiger partial charge in [-0.25, -0.2) is 14.5 Å². The van der Waals surface area contributed by atoms with Crippen LogP contribution >= 0.6 is 0 Å². The molecule has 0 fully saturated rings. The highest BCUT2D eigenvalue weighted by Crippen LogP contribution is 2.17. The van der Waals surface area contributed by atoms with E-state index in [1.165, 1.54) is 10.8 Å². The molecule has 0 radical (unpaired) electrons. The number of primary amides is 1. The van der Waals surface area contributed by atoms with Crippen LogP contribution in [0.1, 0.15) is 39.9 Å². The number of nitrogen functional groups attached to an aromatic ring is 1. The molecule has 0 spiro atoms. The zero-order chi connectivity index (χ0) is 29.1. The molecule has 4 N–H and O–H groups in total. The Kier molecular flexibility index (Phi) is 7.30. The molecule has 0 atom stereocenters. The molecule has 0 aliphatic carbocycles. The third-order valence-electron chi connectivity index (χ3n) is 6.58. The highest BCUT2D eigenvalue weighted by Gasteiger charge is 2.15. The van der Waals surface area contributed by atoms with Crippen molar-refractivity contribution >= 4 is 28.1 Å². The van der Waals surface area contributed by atoms with Crippen molar-refractivity contribution in [3.63, 3.8) is 0 Å². The fourth-order valence-electron chi connectivity index (χ4n) is 4.40. The monoisotopic (exact) mass is 545 g/mol. The van der Waals surface area contributed by atoms with Crippen LogP contribution in [0, 0.1) is 18.8 Å². The highest BCUT2D eigenvalue weighted by atomic mass is 16.1. The second kappa shape index (κ2) is 11.2. The molecule has 0 aliphatic heterocycles. The summed E-state index contributed by atoms with van der Waals surface area (Å²) in [6, 6.07) is 16.9. The van der Waals surface area contributed by atoms with Gasteiger partial charge in [-0.05, 0) is 37.3 Å². The van der Waals surface area contributed by atoms with E-state index < -0.39 is 5.91 Å². The van der Waals surface area contributed by atoms with Crippen molar-refractivity contribution in [3.8, 4) is 17.5 Å². The summed E-state index contributed by atoms with van der Waals surface area (Å²) in [6.45, 7) is 3.97. The van der Waals surface area contributed by atoms with E-state index in [2.05, 4.69) is 27.0 Å². The average Bonchev–Trinajstić information content (AvgIpc) is 3.49. The summed E-state index contributed by atoms with van der Waals surface area (Å²) in [5, 5.41) is 8.63. The number of rotatable bonds is 3. The van der Waals surface area contributed by atoms with E-state index in [1.54, 1.807) is 27.7 Å². The molecule has 1 amide bonds. The van der Waals surface area contributed by atoms with Gasteiger partial charge >= 0.3 is 0 Å². The molecule has 0 unspecified atom stereocenters. The second-order valence-electron chi connectivity index (χ2n) is 9.11. The van der Waals surface area contributed by atoms with Gasteiger partial charge in [-0.2, -0.15) is 5.10 Å². The highest BCUT2D eigenvalue weighted by molar-refractivity contribution is 6.04. The third-order valence-corrected chi connectivity index (χ3v) is 6.58. The molecule has 204 valence electrons. The summed E-state index contributed by atoms with van der Waals surface area (Å²) in [7, 11) is 1.88. The SMILES string of the molecule is CCc1nc2cccc(C#Cc3cnn(C)c3C)c2c(=O)n1-c1ccccc1.NC(=O)c1c(N)nn2cnccc12. The van der Waals surface area contributed by atoms with E-state index in [0.717, 1.165) is 22.8 Å². The molecular weight excluding hydrogens is 518 g/mol. The summed E-state index contributed by atoms with van der Waals surface area (Å²) in [6.07, 6.45) is 5.40. The largest absolute Gasteiger partial charge is 0.382 e. The summed E-state index contributed by atoms with van der Waals surface area (Å²) >= 11 is 0. The first-order chi connectivity index (χ1) is 19.8. The van der Waals surface area contributed by atoms with Crippen LogP contribution in [0.2, 0.25) is 0 Å². The summed E-state index contributed by atoms with van der Waals surface area (Å²) in [5.41, 5.74) is 15.3. The zero-order valence-corrected chi connectivity index (χ0v) is 22.7. The van der Waals surface area contributed by atoms with Gasteiger partial charge in [0.1, 0.15) is 17.7 Å². The Bertz CT molecular complexity index is 2030. The number of nitrogens with two attached hydrogens (primary N) is 2. The average molecular weight is 546 g/mol. The van der Waals surface area contributed by atoms with Crippen LogP contribution in [0.4, 0.5) is 5.82 Å². The number of anilines is 1. The van der Waals surface area contributed by atoms with Crippen LogP contribution < -0.4 is 17.0 Å². The standard InChI is InChI=1S/C23H20N4O.C7H7N5O/c1-4-21-25-20-12-8-9-17(13-14-18-15-24-26(3)16(18)2)22(20)23(28)27(21)19-10-6-5-7-11-19;8-6-5(7(9)13)4-1-2-10-3-12(4)11-6/h5-12,15H,4H2,1-3H3;1-3H,(H2,8,11)(H2,9,13). The molecule has 6 rings (SSSR count). The Hall–Kier alpha value is -5.76. The van der Waals surface area contributed by atoms with Gasteiger partial charge in [0, 0.05) is 25.2 Å². The summed E-state index contributed by atoms with van der Waals surface area (Å²) in [4.78, 5) is 33.0. The number of fused-ring (bicyclic) bond motifs is 2. The van der Waals surface area contributed by atoms with Crippen molar-refractivity contribution in [1.29, 1.82) is 0 Å². The molecule has 6 aromatic rings. The van der Waals surface area contributed by atoms with Gasteiger partial charge in [0.15, 0.2) is 5.82 Å². The molecule has 2 aromatic carbocycles. The maximum Gasteiger partial charge on any atom is 0.267 e. The van der Waals surface area contributed by atoms with Gasteiger partial charge in [-0.15, -0.1) is 5.10 Å². The van der Waals surface area contributed by atoms with Gasteiger partial charge in [-0.3, -0.25) is 18.8 Å². The van der Waals surface area contributed by atoms with Gasteiger partial charge in [0.25, 0.3) is 11.5 Å². The fourth-order valence-corrected chi connectivity index (χ4v) is 4.40. The van der Waals surface area contributed by atoms with Gasteiger partial charge < -0.3 is 11.5 Å². The Morgan fingerprint density at radius 1 is 1.02 bits per heavy atom. The van der Waals surface area contributed by atoms with Crippen LogP contribution in [0.5, 0.6) is 0 Å². The topological polar surface area (TPSA) is 152 Å². The van der Waals surface area contributed by atoms with Crippen LogP contribution in [0.15, 0.2) is 78.1 Å². The summed E-state index contributed by atoms with van der Waals surface area (Å²) < 4.78 is 4.88. The molecule has 0 bridgehead atoms. The van der Waals surface area contributed by atoms with E-state index in [0.29, 0.717) is 28.4 Å². The number of hydrogen-bond donors (Lipinski definition) is 2. The molecule has 11 nitrogen and oxygen atoms in total. The molecular formula is C30H27N9O2. The molecule has 4 heterocycles. The van der Waals surface area contributed by atoms with E-state index in [-0.39, 0.29) is 16.9 Å². The molecule has 4 aromatic heterocycles. The molecule has 0 saturated carbocycles. The van der Waals surface area contributed by atoms with Crippen molar-refractivity contribution in [1.82, 2.24) is 33.9 Å². The van der Waals surface area contributed by atoms with Crippen molar-refractivity contribution in [2.75, 3.05) is 5.73 Å². The maximum atomic E-state index is 13.5. The van der Waals surface area contributed by atoms with Crippen LogP contribution in [-0.4, -0.2) is 39.8 Å². The molecule has 11 heteroatoms. The first-order valence-electron chi connectivity index (χ1n) is 12.8. The Balaban J connectivity index is 0.000000216. The number of aryl methyl sites for hydroxylation is 2. The minimum absolute atomic E-state index is 0.0964. The van der Waals surface area contributed by atoms with Crippen molar-refractivity contribution in [3.05, 3.63) is 112 Å². The van der Waals surface area contributed by atoms with Crippen LogP contribution in [-0.2, 0) is 13.5 Å².